The number of imidazole rings is 1. The van der Waals surface area contributed by atoms with Crippen molar-refractivity contribution in [3.8, 4) is 0 Å². The molecule has 1 aromatic heterocycles. The number of nitrogens with zero attached hydrogens (tertiary/aromatic N) is 4. The van der Waals surface area contributed by atoms with Gasteiger partial charge in [-0.05, 0) is 38.3 Å². The van der Waals surface area contributed by atoms with Crippen LogP contribution in [0.3, 0.4) is 0 Å². The number of nitrogens with one attached hydrogen (secondary N) is 1. The summed E-state index contributed by atoms with van der Waals surface area (Å²) in [7, 11) is 0. The van der Waals surface area contributed by atoms with E-state index in [1.54, 1.807) is 4.90 Å². The highest BCUT2D eigenvalue weighted by molar-refractivity contribution is 6.01. The van der Waals surface area contributed by atoms with Crippen LogP contribution < -0.4 is 5.32 Å². The molecule has 1 saturated heterocycles. The van der Waals surface area contributed by atoms with Gasteiger partial charge < -0.3 is 19.5 Å². The fourth-order valence-electron chi connectivity index (χ4n) is 5.72. The lowest BCUT2D eigenvalue weighted by molar-refractivity contribution is -0.133. The Hall–Kier alpha value is -2.45. The van der Waals surface area contributed by atoms with Gasteiger partial charge >= 0.3 is 0 Å². The molecule has 8 nitrogen and oxygen atoms in total. The molecule has 0 bridgehead atoms. The Labute approximate surface area is 201 Å². The van der Waals surface area contributed by atoms with E-state index in [1.807, 2.05) is 35.8 Å². The Bertz CT molecular complexity index is 1020. The van der Waals surface area contributed by atoms with Crippen LogP contribution in [0.15, 0.2) is 24.3 Å². The van der Waals surface area contributed by atoms with Crippen molar-refractivity contribution in [1.82, 2.24) is 24.7 Å². The Morgan fingerprint density at radius 1 is 1.12 bits per heavy atom. The van der Waals surface area contributed by atoms with E-state index in [1.165, 1.54) is 12.8 Å². The normalized spacial score (nSPS) is 24.7. The van der Waals surface area contributed by atoms with Crippen molar-refractivity contribution in [3.63, 3.8) is 0 Å². The lowest BCUT2D eigenvalue weighted by Crippen LogP contribution is -2.65. The lowest BCUT2D eigenvalue weighted by Gasteiger charge is -2.44. The Morgan fingerprint density at radius 2 is 1.85 bits per heavy atom. The molecule has 5 rings (SSSR count). The monoisotopic (exact) mass is 467 g/mol. The molecule has 1 atom stereocenters. The van der Waals surface area contributed by atoms with Crippen LogP contribution in [0.5, 0.6) is 0 Å². The Kier molecular flexibility index (Phi) is 6.88. The molecule has 0 unspecified atom stereocenters. The topological polar surface area (TPSA) is 79.7 Å². The van der Waals surface area contributed by atoms with Gasteiger partial charge in [-0.2, -0.15) is 0 Å². The molecule has 3 aliphatic rings. The predicted molar refractivity (Wildman–Crippen MR) is 131 cm³/mol. The minimum atomic E-state index is -0.954. The zero-order chi connectivity index (χ0) is 23.5. The molecule has 2 aliphatic heterocycles. The van der Waals surface area contributed by atoms with Gasteiger partial charge in [-0.15, -0.1) is 0 Å². The summed E-state index contributed by atoms with van der Waals surface area (Å²) in [6.45, 7) is 7.14. The molecule has 3 heterocycles. The van der Waals surface area contributed by atoms with Crippen molar-refractivity contribution in [2.24, 2.45) is 0 Å². The van der Waals surface area contributed by atoms with Crippen molar-refractivity contribution in [2.45, 2.75) is 70.0 Å². The highest BCUT2D eigenvalue weighted by atomic mass is 16.5. The van der Waals surface area contributed by atoms with Crippen LogP contribution in [-0.4, -0.2) is 82.1 Å². The number of benzene rings is 1. The molecule has 1 saturated carbocycles. The zero-order valence-corrected chi connectivity index (χ0v) is 20.3. The van der Waals surface area contributed by atoms with Gasteiger partial charge in [0.15, 0.2) is 5.82 Å². The predicted octanol–water partition coefficient (Wildman–Crippen LogP) is 2.81. The van der Waals surface area contributed by atoms with Gasteiger partial charge in [-0.1, -0.05) is 37.8 Å². The number of morpholine rings is 1. The fourth-order valence-corrected chi connectivity index (χ4v) is 5.72. The van der Waals surface area contributed by atoms with Crippen molar-refractivity contribution in [3.05, 3.63) is 30.1 Å². The number of hydrogen-bond donors (Lipinski definition) is 1. The molecule has 184 valence electrons. The molecular formula is C26H37N5O3. The average molecular weight is 468 g/mol. The highest BCUT2D eigenvalue weighted by Gasteiger charge is 2.48. The molecule has 2 amide bonds. The first kappa shape index (κ1) is 23.3. The smallest absolute Gasteiger partial charge is 0.290 e. The van der Waals surface area contributed by atoms with E-state index in [0.717, 1.165) is 76.0 Å². The maximum absolute atomic E-state index is 13.8. The number of fused-ring (bicyclic) bond motifs is 3. The number of ether oxygens (including phenoxy) is 1. The highest BCUT2D eigenvalue weighted by Crippen LogP contribution is 2.31. The van der Waals surface area contributed by atoms with Crippen LogP contribution >= 0.6 is 0 Å². The Balaban J connectivity index is 1.40. The summed E-state index contributed by atoms with van der Waals surface area (Å²) in [5, 5.41) is 3.34. The van der Waals surface area contributed by atoms with E-state index < -0.39 is 5.54 Å². The van der Waals surface area contributed by atoms with Gasteiger partial charge in [-0.25, -0.2) is 4.98 Å². The third-order valence-electron chi connectivity index (χ3n) is 7.79. The summed E-state index contributed by atoms with van der Waals surface area (Å²) in [5.74, 6) is 0.248. The summed E-state index contributed by atoms with van der Waals surface area (Å²) in [6, 6.07) is 8.00. The van der Waals surface area contributed by atoms with E-state index in [9.17, 15) is 9.59 Å². The second kappa shape index (κ2) is 10.0. The van der Waals surface area contributed by atoms with Crippen molar-refractivity contribution < 1.29 is 14.3 Å². The molecule has 1 N–H and O–H groups in total. The van der Waals surface area contributed by atoms with Crippen molar-refractivity contribution in [1.29, 1.82) is 0 Å². The minimum absolute atomic E-state index is 0.0393. The molecule has 2 aromatic rings. The molecule has 1 aliphatic carbocycles. The number of para-hydroxylation sites is 2. The minimum Gasteiger partial charge on any atom is -0.379 e. The quantitative estimate of drug-likeness (QED) is 0.661. The van der Waals surface area contributed by atoms with Crippen molar-refractivity contribution >= 4 is 22.8 Å². The van der Waals surface area contributed by atoms with Gasteiger partial charge in [0.25, 0.3) is 5.91 Å². The third kappa shape index (κ3) is 4.58. The summed E-state index contributed by atoms with van der Waals surface area (Å²) in [6.07, 6.45) is 7.64. The average Bonchev–Trinajstić information content (AvgIpc) is 3.02. The first-order chi connectivity index (χ1) is 16.6. The molecule has 0 radical (unpaired) electrons. The number of aromatic nitrogens is 2. The second-order valence-corrected chi connectivity index (χ2v) is 10.2. The first-order valence-electron chi connectivity index (χ1n) is 12.9. The van der Waals surface area contributed by atoms with Crippen molar-refractivity contribution in [2.75, 3.05) is 39.4 Å². The second-order valence-electron chi connectivity index (χ2n) is 10.2. The van der Waals surface area contributed by atoms with Crippen LogP contribution in [-0.2, 0) is 16.1 Å². The SMILES string of the molecule is C[C@@]1(C(=O)NC2CCCCCC2)Cn2c(nc3ccccc32)C(=O)N1CCCN1CCOCC1. The molecule has 34 heavy (non-hydrogen) atoms. The van der Waals surface area contributed by atoms with Crippen LogP contribution in [0.25, 0.3) is 11.0 Å². The number of rotatable bonds is 6. The first-order valence-corrected chi connectivity index (χ1v) is 12.9. The van der Waals surface area contributed by atoms with Crippen LogP contribution in [0, 0.1) is 0 Å². The fraction of sp³-hybridized carbons (Fsp3) is 0.654. The van der Waals surface area contributed by atoms with E-state index >= 15 is 0 Å². The van der Waals surface area contributed by atoms with E-state index in [2.05, 4.69) is 15.2 Å². The maximum atomic E-state index is 13.8. The summed E-state index contributed by atoms with van der Waals surface area (Å²) in [5.41, 5.74) is 0.755. The number of carbonyl (C=O) groups excluding carboxylic acids is 2. The number of amides is 2. The van der Waals surface area contributed by atoms with Crippen LogP contribution in [0.2, 0.25) is 0 Å². The summed E-state index contributed by atoms with van der Waals surface area (Å²) < 4.78 is 7.40. The van der Waals surface area contributed by atoms with Gasteiger partial charge in [0, 0.05) is 32.2 Å². The third-order valence-corrected chi connectivity index (χ3v) is 7.79. The summed E-state index contributed by atoms with van der Waals surface area (Å²) in [4.78, 5) is 36.4. The number of hydrogen-bond acceptors (Lipinski definition) is 5. The molecule has 2 fully saturated rings. The van der Waals surface area contributed by atoms with Gasteiger partial charge in [0.2, 0.25) is 5.91 Å². The van der Waals surface area contributed by atoms with Gasteiger partial charge in [0.05, 0.1) is 30.8 Å². The molecular weight excluding hydrogens is 430 g/mol. The van der Waals surface area contributed by atoms with E-state index in [4.69, 9.17) is 4.74 Å². The zero-order valence-electron chi connectivity index (χ0n) is 20.3. The lowest BCUT2D eigenvalue weighted by atomic mass is 9.93. The van der Waals surface area contributed by atoms with Crippen LogP contribution in [0.1, 0.15) is 62.5 Å². The van der Waals surface area contributed by atoms with Gasteiger partial charge in [0.1, 0.15) is 5.54 Å². The van der Waals surface area contributed by atoms with Crippen LogP contribution in [0.4, 0.5) is 0 Å². The van der Waals surface area contributed by atoms with E-state index in [-0.39, 0.29) is 17.9 Å². The molecule has 1 aromatic carbocycles. The molecule has 0 spiro atoms. The molecule has 8 heteroatoms. The van der Waals surface area contributed by atoms with Gasteiger partial charge in [-0.3, -0.25) is 14.5 Å². The summed E-state index contributed by atoms with van der Waals surface area (Å²) >= 11 is 0. The Morgan fingerprint density at radius 3 is 2.62 bits per heavy atom. The number of carbonyl (C=O) groups is 2. The standard InChI is InChI=1S/C26H37N5O3/c1-26(25(33)27-20-9-4-2-3-5-10-20)19-30-22-12-7-6-11-21(22)28-23(30)24(32)31(26)14-8-13-29-15-17-34-18-16-29/h6-7,11-12,20H,2-5,8-10,13-19H2,1H3,(H,27,33)/t26-/m0/s1. The maximum Gasteiger partial charge on any atom is 0.290 e. The van der Waals surface area contributed by atoms with E-state index in [0.29, 0.717) is 18.9 Å². The largest absolute Gasteiger partial charge is 0.379 e.